The van der Waals surface area contributed by atoms with E-state index in [-0.39, 0.29) is 11.7 Å². The zero-order valence-electron chi connectivity index (χ0n) is 16.8. The highest BCUT2D eigenvalue weighted by Gasteiger charge is 2.25. The molecule has 154 valence electrons. The minimum absolute atomic E-state index is 0.0889. The molecule has 0 N–H and O–H groups in total. The van der Waals surface area contributed by atoms with Crippen molar-refractivity contribution in [2.45, 2.75) is 6.92 Å². The lowest BCUT2D eigenvalue weighted by Crippen LogP contribution is -2.49. The Kier molecular flexibility index (Phi) is 5.89. The summed E-state index contributed by atoms with van der Waals surface area (Å²) < 4.78 is 14.0. The molecule has 7 nitrogen and oxygen atoms in total. The Hall–Kier alpha value is -2.74. The third kappa shape index (κ3) is 4.32. The largest absolute Gasteiger partial charge is 0.366 e. The molecule has 3 heterocycles. The topological polar surface area (TPSA) is 55.8 Å². The highest BCUT2D eigenvalue weighted by atomic mass is 19.1. The first kappa shape index (κ1) is 19.6. The van der Waals surface area contributed by atoms with Crippen LogP contribution < -0.4 is 9.80 Å². The number of nitrogens with zero attached hydrogens (tertiary/aromatic N) is 6. The minimum atomic E-state index is -0.226. The van der Waals surface area contributed by atoms with Crippen LogP contribution in [0.5, 0.6) is 0 Å². The normalized spacial score (nSPS) is 18.2. The third-order valence-corrected chi connectivity index (χ3v) is 5.72. The van der Waals surface area contributed by atoms with E-state index in [2.05, 4.69) is 26.7 Å². The van der Waals surface area contributed by atoms with Crippen molar-refractivity contribution < 1.29 is 9.18 Å². The Labute approximate surface area is 170 Å². The molecule has 4 rings (SSSR count). The number of likely N-dealkylation sites (N-methyl/N-ethyl adjacent to an activating group) is 1. The Bertz CT molecular complexity index is 847. The first-order chi connectivity index (χ1) is 14.2. The summed E-state index contributed by atoms with van der Waals surface area (Å²) in [6, 6.07) is 8.45. The predicted octanol–water partition coefficient (Wildman–Crippen LogP) is 1.72. The third-order valence-electron chi connectivity index (χ3n) is 5.72. The van der Waals surface area contributed by atoms with Crippen LogP contribution in [-0.4, -0.2) is 84.6 Å². The molecule has 1 aromatic carbocycles. The quantitative estimate of drug-likeness (QED) is 0.782. The van der Waals surface area contributed by atoms with E-state index in [0.717, 1.165) is 32.7 Å². The fraction of sp³-hybridized carbons (Fsp3) is 0.476. The second-order valence-electron chi connectivity index (χ2n) is 7.39. The van der Waals surface area contributed by atoms with E-state index in [4.69, 9.17) is 0 Å². The summed E-state index contributed by atoms with van der Waals surface area (Å²) in [5, 5.41) is 0. The second-order valence-corrected chi connectivity index (χ2v) is 7.39. The molecule has 2 aromatic rings. The number of aromatic nitrogens is 2. The van der Waals surface area contributed by atoms with Gasteiger partial charge in [-0.1, -0.05) is 19.1 Å². The molecule has 0 saturated carbocycles. The molecule has 2 aliphatic rings. The number of carbonyl (C=O) groups excluding carboxylic acids is 1. The van der Waals surface area contributed by atoms with Gasteiger partial charge in [-0.15, -0.1) is 0 Å². The molecule has 0 spiro atoms. The van der Waals surface area contributed by atoms with Gasteiger partial charge in [0.2, 0.25) is 5.95 Å². The number of carbonyl (C=O) groups is 1. The van der Waals surface area contributed by atoms with E-state index in [1.807, 2.05) is 11.0 Å². The number of piperazine rings is 2. The van der Waals surface area contributed by atoms with Gasteiger partial charge in [-0.3, -0.25) is 4.79 Å². The van der Waals surface area contributed by atoms with Crippen molar-refractivity contribution in [3.63, 3.8) is 0 Å². The monoisotopic (exact) mass is 398 g/mol. The van der Waals surface area contributed by atoms with Gasteiger partial charge in [-0.2, -0.15) is 0 Å². The average Bonchev–Trinajstić information content (AvgIpc) is 2.79. The van der Waals surface area contributed by atoms with E-state index in [0.29, 0.717) is 43.5 Å². The lowest BCUT2D eigenvalue weighted by molar-refractivity contribution is 0.0740. The van der Waals surface area contributed by atoms with Crippen molar-refractivity contribution in [3.8, 4) is 0 Å². The molecular formula is C21H27FN6O. The van der Waals surface area contributed by atoms with Crippen molar-refractivity contribution in [3.05, 3.63) is 48.0 Å². The van der Waals surface area contributed by atoms with Crippen LogP contribution in [0.25, 0.3) is 0 Å². The molecular weight excluding hydrogens is 371 g/mol. The van der Waals surface area contributed by atoms with E-state index in [1.54, 1.807) is 29.3 Å². The molecule has 2 saturated heterocycles. The number of rotatable bonds is 4. The number of hydrogen-bond acceptors (Lipinski definition) is 6. The van der Waals surface area contributed by atoms with Crippen LogP contribution in [0, 0.1) is 5.82 Å². The Morgan fingerprint density at radius 3 is 2.34 bits per heavy atom. The zero-order chi connectivity index (χ0) is 20.2. The van der Waals surface area contributed by atoms with Crippen molar-refractivity contribution in [2.24, 2.45) is 0 Å². The number of hydrogen-bond donors (Lipinski definition) is 0. The molecule has 0 unspecified atom stereocenters. The molecule has 0 aliphatic carbocycles. The van der Waals surface area contributed by atoms with Gasteiger partial charge in [0, 0.05) is 58.6 Å². The Morgan fingerprint density at radius 1 is 0.966 bits per heavy atom. The lowest BCUT2D eigenvalue weighted by Gasteiger charge is -2.36. The summed E-state index contributed by atoms with van der Waals surface area (Å²) in [5.74, 6) is 0.307. The molecule has 8 heteroatoms. The number of para-hydroxylation sites is 1. The second kappa shape index (κ2) is 8.73. The summed E-state index contributed by atoms with van der Waals surface area (Å²) in [7, 11) is 0. The fourth-order valence-electron chi connectivity index (χ4n) is 3.90. The number of amides is 1. The van der Waals surface area contributed by atoms with Gasteiger partial charge in [0.15, 0.2) is 0 Å². The fourth-order valence-corrected chi connectivity index (χ4v) is 3.90. The number of anilines is 2. The first-order valence-electron chi connectivity index (χ1n) is 10.2. The highest BCUT2D eigenvalue weighted by molar-refractivity contribution is 5.92. The number of halogens is 1. The number of benzene rings is 1. The van der Waals surface area contributed by atoms with E-state index in [1.165, 1.54) is 6.07 Å². The van der Waals surface area contributed by atoms with Gasteiger partial charge in [0.1, 0.15) is 11.5 Å². The minimum Gasteiger partial charge on any atom is -0.366 e. The smallest absolute Gasteiger partial charge is 0.272 e. The molecule has 0 bridgehead atoms. The van der Waals surface area contributed by atoms with E-state index in [9.17, 15) is 9.18 Å². The molecule has 2 aliphatic heterocycles. The maximum Gasteiger partial charge on any atom is 0.272 e. The molecule has 1 aromatic heterocycles. The maximum absolute atomic E-state index is 14.0. The van der Waals surface area contributed by atoms with Crippen LogP contribution in [0.2, 0.25) is 0 Å². The van der Waals surface area contributed by atoms with Crippen LogP contribution in [0.3, 0.4) is 0 Å². The van der Waals surface area contributed by atoms with Gasteiger partial charge in [-0.05, 0) is 24.7 Å². The lowest BCUT2D eigenvalue weighted by atomic mass is 10.2. The van der Waals surface area contributed by atoms with Gasteiger partial charge < -0.3 is 19.6 Å². The average molecular weight is 398 g/mol. The van der Waals surface area contributed by atoms with Gasteiger partial charge in [0.05, 0.1) is 5.69 Å². The van der Waals surface area contributed by atoms with Crippen molar-refractivity contribution >= 4 is 17.5 Å². The summed E-state index contributed by atoms with van der Waals surface area (Å²) >= 11 is 0. The van der Waals surface area contributed by atoms with E-state index < -0.39 is 0 Å². The van der Waals surface area contributed by atoms with Crippen LogP contribution >= 0.6 is 0 Å². The first-order valence-corrected chi connectivity index (χ1v) is 10.2. The molecule has 29 heavy (non-hydrogen) atoms. The van der Waals surface area contributed by atoms with Crippen LogP contribution in [0.4, 0.5) is 16.0 Å². The van der Waals surface area contributed by atoms with E-state index >= 15 is 0 Å². The summed E-state index contributed by atoms with van der Waals surface area (Å²) in [5.41, 5.74) is 1.02. The SMILES string of the molecule is CCN1CCN(c2nccc(C(=O)N3CCN(c4ccccc4F)CC3)n2)CC1. The van der Waals surface area contributed by atoms with Crippen LogP contribution in [0.1, 0.15) is 17.4 Å². The van der Waals surface area contributed by atoms with Crippen molar-refractivity contribution in [1.82, 2.24) is 19.8 Å². The Balaban J connectivity index is 1.39. The molecule has 1 amide bonds. The van der Waals surface area contributed by atoms with Crippen LogP contribution in [0.15, 0.2) is 36.5 Å². The predicted molar refractivity (Wildman–Crippen MR) is 111 cm³/mol. The summed E-state index contributed by atoms with van der Waals surface area (Å²) in [4.78, 5) is 30.2. The Morgan fingerprint density at radius 2 is 1.66 bits per heavy atom. The van der Waals surface area contributed by atoms with Crippen molar-refractivity contribution in [2.75, 3.05) is 68.7 Å². The zero-order valence-corrected chi connectivity index (χ0v) is 16.8. The molecule has 0 radical (unpaired) electrons. The summed E-state index contributed by atoms with van der Waals surface area (Å²) in [6.45, 7) is 9.20. The van der Waals surface area contributed by atoms with Crippen molar-refractivity contribution in [1.29, 1.82) is 0 Å². The van der Waals surface area contributed by atoms with Crippen LogP contribution in [-0.2, 0) is 0 Å². The van der Waals surface area contributed by atoms with Gasteiger partial charge in [-0.25, -0.2) is 14.4 Å². The van der Waals surface area contributed by atoms with Gasteiger partial charge in [0.25, 0.3) is 5.91 Å². The standard InChI is InChI=1S/C21H27FN6O/c1-2-25-9-11-28(12-10-25)21-23-8-7-18(24-21)20(29)27-15-13-26(14-16-27)19-6-4-3-5-17(19)22/h3-8H,2,9-16H2,1H3. The molecule has 0 atom stereocenters. The van der Waals surface area contributed by atoms with Gasteiger partial charge >= 0.3 is 0 Å². The highest BCUT2D eigenvalue weighted by Crippen LogP contribution is 2.21. The maximum atomic E-state index is 14.0. The molecule has 2 fully saturated rings. The summed E-state index contributed by atoms with van der Waals surface area (Å²) in [6.07, 6.45) is 1.66.